The van der Waals surface area contributed by atoms with E-state index in [1.807, 2.05) is 44.2 Å². The normalized spacial score (nSPS) is 15.4. The summed E-state index contributed by atoms with van der Waals surface area (Å²) in [6.07, 6.45) is 3.81. The Kier molecular flexibility index (Phi) is 9.05. The summed E-state index contributed by atoms with van der Waals surface area (Å²) in [7, 11) is 1.37. The topological polar surface area (TPSA) is 84.5 Å². The molecule has 2 atom stereocenters. The second-order valence-corrected chi connectivity index (χ2v) is 11.6. The van der Waals surface area contributed by atoms with Crippen molar-refractivity contribution in [2.75, 3.05) is 17.7 Å². The molecule has 0 spiro atoms. The average molecular weight is 537 g/mol. The zero-order valence-corrected chi connectivity index (χ0v) is 23.0. The van der Waals surface area contributed by atoms with Gasteiger partial charge in [-0.3, -0.25) is 9.59 Å². The second kappa shape index (κ2) is 12.4. The van der Waals surface area contributed by atoms with Crippen molar-refractivity contribution in [1.82, 2.24) is 0 Å². The number of amides is 2. The molecular weight excluding hydrogens is 504 g/mol. The van der Waals surface area contributed by atoms with Crippen LogP contribution in [-0.4, -0.2) is 30.1 Å². The number of methoxy groups -OCH3 is 1. The van der Waals surface area contributed by atoms with E-state index in [-0.39, 0.29) is 11.8 Å². The number of nitrogens with one attached hydrogen (secondary N) is 2. The Balaban J connectivity index is 1.48. The van der Waals surface area contributed by atoms with E-state index in [1.165, 1.54) is 35.8 Å². The molecule has 1 aliphatic carbocycles. The third kappa shape index (κ3) is 6.62. The van der Waals surface area contributed by atoms with E-state index in [0.717, 1.165) is 41.0 Å². The van der Waals surface area contributed by atoms with Crippen molar-refractivity contribution < 1.29 is 19.1 Å². The Labute approximate surface area is 226 Å². The van der Waals surface area contributed by atoms with Crippen LogP contribution >= 0.6 is 23.1 Å². The van der Waals surface area contributed by atoms with E-state index >= 15 is 0 Å². The van der Waals surface area contributed by atoms with Crippen molar-refractivity contribution in [3.63, 3.8) is 0 Å². The number of esters is 1. The first-order chi connectivity index (χ1) is 17.9. The first-order valence-electron chi connectivity index (χ1n) is 12.5. The number of thioether (sulfide) groups is 1. The zero-order valence-electron chi connectivity index (χ0n) is 21.3. The average Bonchev–Trinajstić information content (AvgIpc) is 3.26. The fraction of sp³-hybridized carbons (Fsp3) is 0.345. The number of carbonyl (C=O) groups excluding carboxylic acids is 3. The van der Waals surface area contributed by atoms with Gasteiger partial charge in [0.25, 0.3) is 0 Å². The Morgan fingerprint density at radius 3 is 2.62 bits per heavy atom. The minimum absolute atomic E-state index is 0.0260. The van der Waals surface area contributed by atoms with Crippen LogP contribution in [0.4, 0.5) is 10.7 Å². The molecule has 2 unspecified atom stereocenters. The van der Waals surface area contributed by atoms with Crippen molar-refractivity contribution in [2.24, 2.45) is 0 Å². The maximum atomic E-state index is 13.2. The van der Waals surface area contributed by atoms with Crippen molar-refractivity contribution in [1.29, 1.82) is 0 Å². The number of fused-ring (bicyclic) bond motifs is 1. The summed E-state index contributed by atoms with van der Waals surface area (Å²) in [5.41, 5.74) is 3.49. The van der Waals surface area contributed by atoms with Crippen LogP contribution in [0.15, 0.2) is 59.5 Å². The van der Waals surface area contributed by atoms with E-state index in [2.05, 4.69) is 34.9 Å². The summed E-state index contributed by atoms with van der Waals surface area (Å²) in [6, 6.07) is 17.9. The fourth-order valence-corrected chi connectivity index (χ4v) is 6.82. The van der Waals surface area contributed by atoms with Crippen LogP contribution in [0.1, 0.15) is 65.4 Å². The van der Waals surface area contributed by atoms with E-state index in [4.69, 9.17) is 4.74 Å². The van der Waals surface area contributed by atoms with Crippen molar-refractivity contribution in [2.45, 2.75) is 62.0 Å². The first kappa shape index (κ1) is 26.9. The molecular formula is C29H32N2O4S2. The molecule has 1 aromatic heterocycles. The molecule has 4 rings (SSSR count). The number of benzene rings is 2. The molecule has 8 heteroatoms. The van der Waals surface area contributed by atoms with Gasteiger partial charge in [-0.2, -0.15) is 0 Å². The summed E-state index contributed by atoms with van der Waals surface area (Å²) in [4.78, 5) is 39.8. The maximum Gasteiger partial charge on any atom is 0.341 e. The smallest absolute Gasteiger partial charge is 0.341 e. The minimum atomic E-state index is -0.415. The van der Waals surface area contributed by atoms with E-state index < -0.39 is 11.2 Å². The van der Waals surface area contributed by atoms with Gasteiger partial charge in [-0.1, -0.05) is 43.3 Å². The van der Waals surface area contributed by atoms with Crippen LogP contribution < -0.4 is 10.6 Å². The van der Waals surface area contributed by atoms with Crippen LogP contribution in [0.3, 0.4) is 0 Å². The highest BCUT2D eigenvalue weighted by molar-refractivity contribution is 8.00. The highest BCUT2D eigenvalue weighted by Gasteiger charge is 2.31. The third-order valence-corrected chi connectivity index (χ3v) is 8.70. The van der Waals surface area contributed by atoms with Gasteiger partial charge < -0.3 is 15.4 Å². The molecule has 6 nitrogen and oxygen atoms in total. The quantitative estimate of drug-likeness (QED) is 0.236. The third-order valence-electron chi connectivity index (χ3n) is 6.44. The lowest BCUT2D eigenvalue weighted by Crippen LogP contribution is -2.23. The number of anilines is 2. The molecule has 2 amide bonds. The van der Waals surface area contributed by atoms with Crippen LogP contribution in [0, 0.1) is 0 Å². The van der Waals surface area contributed by atoms with Crippen LogP contribution in [0.5, 0.6) is 0 Å². The van der Waals surface area contributed by atoms with Gasteiger partial charge >= 0.3 is 5.97 Å². The van der Waals surface area contributed by atoms with Gasteiger partial charge in [0, 0.05) is 21.9 Å². The Morgan fingerprint density at radius 2 is 1.89 bits per heavy atom. The Bertz CT molecular complexity index is 1270. The molecule has 1 heterocycles. The molecule has 0 saturated heterocycles. The molecule has 0 bridgehead atoms. The van der Waals surface area contributed by atoms with Crippen LogP contribution in [0.2, 0.25) is 0 Å². The van der Waals surface area contributed by atoms with Crippen LogP contribution in [0.25, 0.3) is 0 Å². The minimum Gasteiger partial charge on any atom is -0.465 e. The molecule has 0 radical (unpaired) electrons. The van der Waals surface area contributed by atoms with Gasteiger partial charge in [-0.05, 0) is 67.9 Å². The van der Waals surface area contributed by atoms with Gasteiger partial charge in [0.15, 0.2) is 0 Å². The molecule has 2 aromatic carbocycles. The van der Waals surface area contributed by atoms with Crippen molar-refractivity contribution in [3.8, 4) is 0 Å². The summed E-state index contributed by atoms with van der Waals surface area (Å²) in [5.74, 6) is -0.238. The fourth-order valence-electron chi connectivity index (χ4n) is 4.57. The highest BCUT2D eigenvalue weighted by atomic mass is 32.2. The molecule has 0 aliphatic heterocycles. The van der Waals surface area contributed by atoms with Crippen molar-refractivity contribution in [3.05, 3.63) is 76.2 Å². The number of hydrogen-bond donors (Lipinski definition) is 2. The van der Waals surface area contributed by atoms with Crippen LogP contribution in [-0.2, 0) is 27.2 Å². The summed E-state index contributed by atoms with van der Waals surface area (Å²) in [6.45, 7) is 3.79. The number of rotatable bonds is 9. The summed E-state index contributed by atoms with van der Waals surface area (Å²) >= 11 is 2.88. The lowest BCUT2D eigenvalue weighted by Gasteiger charge is -2.22. The molecule has 1 aliphatic rings. The highest BCUT2D eigenvalue weighted by Crippen LogP contribution is 2.43. The molecule has 2 N–H and O–H groups in total. The summed E-state index contributed by atoms with van der Waals surface area (Å²) in [5, 5.41) is 6.05. The number of hydrogen-bond acceptors (Lipinski definition) is 6. The molecule has 194 valence electrons. The van der Waals surface area contributed by atoms with Crippen molar-refractivity contribution >= 4 is 51.6 Å². The predicted octanol–water partition coefficient (Wildman–Crippen LogP) is 6.67. The van der Waals surface area contributed by atoms with Gasteiger partial charge in [-0.25, -0.2) is 4.79 Å². The van der Waals surface area contributed by atoms with Gasteiger partial charge in [0.2, 0.25) is 11.8 Å². The number of carbonyl (C=O) groups is 3. The SMILES string of the molecule is CCCC(=O)Nc1cccc(SC(C)C(=O)Nc2sc3c(c2C(=O)OC)CCC(c2ccccc2)C3)c1. The van der Waals surface area contributed by atoms with E-state index in [0.29, 0.717) is 28.6 Å². The molecule has 3 aromatic rings. The number of ether oxygens (including phenoxy) is 1. The van der Waals surface area contributed by atoms with E-state index in [9.17, 15) is 14.4 Å². The predicted molar refractivity (Wildman–Crippen MR) is 151 cm³/mol. The largest absolute Gasteiger partial charge is 0.465 e. The molecule has 0 saturated carbocycles. The molecule has 37 heavy (non-hydrogen) atoms. The second-order valence-electron chi connectivity index (χ2n) is 9.13. The maximum absolute atomic E-state index is 13.2. The standard InChI is InChI=1S/C29H32N2O4S2/c1-4-9-25(32)30-21-12-8-13-22(17-21)36-18(2)27(33)31-28-26(29(34)35-3)23-15-14-20(16-24(23)37-28)19-10-6-5-7-11-19/h5-8,10-13,17-18,20H,4,9,14-16H2,1-3H3,(H,30,32)(H,31,33). The molecule has 0 fully saturated rings. The Morgan fingerprint density at radius 1 is 1.11 bits per heavy atom. The van der Waals surface area contributed by atoms with E-state index in [1.54, 1.807) is 0 Å². The van der Waals surface area contributed by atoms with Gasteiger partial charge in [0.05, 0.1) is 17.9 Å². The lowest BCUT2D eigenvalue weighted by atomic mass is 9.83. The first-order valence-corrected chi connectivity index (χ1v) is 14.2. The van der Waals surface area contributed by atoms with Gasteiger partial charge in [-0.15, -0.1) is 23.1 Å². The Hall–Kier alpha value is -3.10. The van der Waals surface area contributed by atoms with Gasteiger partial charge in [0.1, 0.15) is 5.00 Å². The summed E-state index contributed by atoms with van der Waals surface area (Å²) < 4.78 is 5.09. The zero-order chi connectivity index (χ0) is 26.4. The monoisotopic (exact) mass is 536 g/mol. The lowest BCUT2D eigenvalue weighted by molar-refractivity contribution is -0.116. The number of thiophene rings is 1.